The molecule has 0 radical (unpaired) electrons. The number of carbonyl (C=O) groups excluding carboxylic acids is 2. The van der Waals surface area contributed by atoms with Gasteiger partial charge in [-0.25, -0.2) is 0 Å². The number of carbonyl (C=O) groups is 2. The fourth-order valence-corrected chi connectivity index (χ4v) is 1.93. The number of likely N-dealkylation sites (N-methyl/N-ethyl adjacent to an activating group) is 1. The highest BCUT2D eigenvalue weighted by molar-refractivity contribution is 6.03. The Morgan fingerprint density at radius 2 is 2.26 bits per heavy atom. The molecule has 2 N–H and O–H groups in total. The summed E-state index contributed by atoms with van der Waals surface area (Å²) in [5.74, 6) is -1.01. The topological polar surface area (TPSA) is 116 Å². The molecule has 0 bridgehead atoms. The first-order chi connectivity index (χ1) is 8.95. The van der Waals surface area contributed by atoms with Gasteiger partial charge in [-0.15, -0.1) is 0 Å². The molecule has 2 rings (SSSR count). The fraction of sp³-hybridized carbons (Fsp3) is 0.273. The number of rotatable bonds is 3. The second-order valence-corrected chi connectivity index (χ2v) is 3.89. The predicted octanol–water partition coefficient (Wildman–Crippen LogP) is 0.439. The van der Waals surface area contributed by atoms with E-state index in [2.05, 4.69) is 0 Å². The molecule has 0 aliphatic carbocycles. The number of nitrogens with two attached hydrogens (primary N) is 1. The number of primary amides is 1. The zero-order valence-electron chi connectivity index (χ0n) is 10.1. The van der Waals surface area contributed by atoms with Gasteiger partial charge < -0.3 is 15.4 Å². The van der Waals surface area contributed by atoms with Crippen molar-refractivity contribution in [2.75, 3.05) is 18.1 Å². The first-order valence-electron chi connectivity index (χ1n) is 5.51. The molecule has 1 aromatic rings. The van der Waals surface area contributed by atoms with Crippen LogP contribution in [0, 0.1) is 10.1 Å². The van der Waals surface area contributed by atoms with E-state index in [1.165, 1.54) is 11.0 Å². The Kier molecular flexibility index (Phi) is 3.07. The number of amides is 2. The molecule has 0 atom stereocenters. The first-order valence-corrected chi connectivity index (χ1v) is 5.51. The lowest BCUT2D eigenvalue weighted by atomic mass is 10.1. The normalized spacial score (nSPS) is 13.7. The smallest absolute Gasteiger partial charge is 0.286 e. The Balaban J connectivity index is 2.65. The van der Waals surface area contributed by atoms with E-state index < -0.39 is 16.5 Å². The van der Waals surface area contributed by atoms with Crippen molar-refractivity contribution in [2.45, 2.75) is 6.92 Å². The first kappa shape index (κ1) is 12.8. The van der Waals surface area contributed by atoms with E-state index in [1.54, 1.807) is 6.92 Å². The minimum atomic E-state index is -0.927. The van der Waals surface area contributed by atoms with E-state index in [-0.39, 0.29) is 23.8 Å². The highest BCUT2D eigenvalue weighted by Crippen LogP contribution is 2.37. The van der Waals surface area contributed by atoms with Gasteiger partial charge in [-0.1, -0.05) is 0 Å². The third-order valence-electron chi connectivity index (χ3n) is 2.80. The van der Waals surface area contributed by atoms with Gasteiger partial charge in [0.1, 0.15) is 5.56 Å². The van der Waals surface area contributed by atoms with Gasteiger partial charge in [0.2, 0.25) is 0 Å². The van der Waals surface area contributed by atoms with Gasteiger partial charge in [-0.3, -0.25) is 19.7 Å². The second-order valence-electron chi connectivity index (χ2n) is 3.89. The minimum Gasteiger partial charge on any atom is -0.481 e. The highest BCUT2D eigenvalue weighted by Gasteiger charge is 2.30. The van der Waals surface area contributed by atoms with E-state index in [1.807, 2.05) is 0 Å². The maximum Gasteiger partial charge on any atom is 0.286 e. The SMILES string of the molecule is CCN1C(=O)COc2cc([N+](=O)[O-])c(C(N)=O)cc21. The molecule has 0 spiro atoms. The molecular weight excluding hydrogens is 254 g/mol. The number of anilines is 1. The van der Waals surface area contributed by atoms with Crippen LogP contribution in [0.4, 0.5) is 11.4 Å². The molecule has 1 aliphatic heterocycles. The number of nitro groups is 1. The number of nitrogens with zero attached hydrogens (tertiary/aromatic N) is 2. The number of fused-ring (bicyclic) bond motifs is 1. The number of hydrogen-bond donors (Lipinski definition) is 1. The third kappa shape index (κ3) is 2.07. The Bertz CT molecular complexity index is 584. The second kappa shape index (κ2) is 4.56. The summed E-state index contributed by atoms with van der Waals surface area (Å²) in [7, 11) is 0. The molecule has 8 nitrogen and oxygen atoms in total. The van der Waals surface area contributed by atoms with E-state index in [0.29, 0.717) is 12.2 Å². The zero-order valence-corrected chi connectivity index (χ0v) is 10.1. The average Bonchev–Trinajstić information content (AvgIpc) is 2.36. The summed E-state index contributed by atoms with van der Waals surface area (Å²) in [6.07, 6.45) is 0. The summed E-state index contributed by atoms with van der Waals surface area (Å²) in [4.78, 5) is 34.5. The standard InChI is InChI=1S/C11H11N3O5/c1-2-13-8-3-6(11(12)16)7(14(17)18)4-9(8)19-5-10(13)15/h3-4H,2,5H2,1H3,(H2,12,16). The van der Waals surface area contributed by atoms with Crippen LogP contribution in [0.3, 0.4) is 0 Å². The molecule has 100 valence electrons. The summed E-state index contributed by atoms with van der Waals surface area (Å²) >= 11 is 0. The van der Waals surface area contributed by atoms with Gasteiger partial charge in [0.15, 0.2) is 12.4 Å². The van der Waals surface area contributed by atoms with E-state index in [0.717, 1.165) is 6.07 Å². The maximum absolute atomic E-state index is 11.6. The number of ether oxygens (including phenoxy) is 1. The largest absolute Gasteiger partial charge is 0.481 e. The van der Waals surface area contributed by atoms with Crippen molar-refractivity contribution in [3.05, 3.63) is 27.8 Å². The molecule has 0 unspecified atom stereocenters. The zero-order chi connectivity index (χ0) is 14.2. The molecule has 8 heteroatoms. The van der Waals surface area contributed by atoms with Crippen molar-refractivity contribution in [3.63, 3.8) is 0 Å². The molecule has 1 aromatic carbocycles. The quantitative estimate of drug-likeness (QED) is 0.628. The lowest BCUT2D eigenvalue weighted by molar-refractivity contribution is -0.385. The van der Waals surface area contributed by atoms with Crippen LogP contribution in [-0.4, -0.2) is 29.9 Å². The number of benzene rings is 1. The Hall–Kier alpha value is -2.64. The van der Waals surface area contributed by atoms with Crippen molar-refractivity contribution < 1.29 is 19.2 Å². The summed E-state index contributed by atoms with van der Waals surface area (Å²) in [6, 6.07) is 2.33. The van der Waals surface area contributed by atoms with Crippen LogP contribution >= 0.6 is 0 Å². The Morgan fingerprint density at radius 3 is 2.79 bits per heavy atom. The van der Waals surface area contributed by atoms with Crippen LogP contribution < -0.4 is 15.4 Å². The molecular formula is C11H11N3O5. The summed E-state index contributed by atoms with van der Waals surface area (Å²) in [5.41, 5.74) is 4.75. The van der Waals surface area contributed by atoms with Crippen LogP contribution in [0.25, 0.3) is 0 Å². The van der Waals surface area contributed by atoms with Gasteiger partial charge in [0.25, 0.3) is 17.5 Å². The molecule has 19 heavy (non-hydrogen) atoms. The third-order valence-corrected chi connectivity index (χ3v) is 2.80. The lowest BCUT2D eigenvalue weighted by Gasteiger charge is -2.28. The van der Waals surface area contributed by atoms with Gasteiger partial charge in [-0.2, -0.15) is 0 Å². The molecule has 0 saturated carbocycles. The summed E-state index contributed by atoms with van der Waals surface area (Å²) in [5, 5.41) is 10.9. The van der Waals surface area contributed by atoms with E-state index >= 15 is 0 Å². The fourth-order valence-electron chi connectivity index (χ4n) is 1.93. The molecule has 0 aromatic heterocycles. The summed E-state index contributed by atoms with van der Waals surface area (Å²) < 4.78 is 5.15. The Morgan fingerprint density at radius 1 is 1.58 bits per heavy atom. The molecule has 1 aliphatic rings. The van der Waals surface area contributed by atoms with Crippen molar-refractivity contribution >= 4 is 23.2 Å². The molecule has 0 fully saturated rings. The molecule has 2 amide bonds. The van der Waals surface area contributed by atoms with Crippen LogP contribution in [0.5, 0.6) is 5.75 Å². The van der Waals surface area contributed by atoms with Crippen LogP contribution in [0.1, 0.15) is 17.3 Å². The predicted molar refractivity (Wildman–Crippen MR) is 65.1 cm³/mol. The number of nitro benzene ring substituents is 1. The van der Waals surface area contributed by atoms with Crippen LogP contribution in [0.2, 0.25) is 0 Å². The van der Waals surface area contributed by atoms with Crippen molar-refractivity contribution in [3.8, 4) is 5.75 Å². The minimum absolute atomic E-state index is 0.187. The van der Waals surface area contributed by atoms with Gasteiger partial charge in [0, 0.05) is 6.54 Å². The highest BCUT2D eigenvalue weighted by atomic mass is 16.6. The molecule has 1 heterocycles. The maximum atomic E-state index is 11.6. The van der Waals surface area contributed by atoms with Crippen LogP contribution in [0.15, 0.2) is 12.1 Å². The monoisotopic (exact) mass is 265 g/mol. The lowest BCUT2D eigenvalue weighted by Crippen LogP contribution is -2.38. The average molecular weight is 265 g/mol. The number of hydrogen-bond acceptors (Lipinski definition) is 5. The summed E-state index contributed by atoms with van der Waals surface area (Å²) in [6.45, 7) is 1.93. The molecule has 0 saturated heterocycles. The van der Waals surface area contributed by atoms with Crippen molar-refractivity contribution in [1.82, 2.24) is 0 Å². The van der Waals surface area contributed by atoms with E-state index in [9.17, 15) is 19.7 Å². The van der Waals surface area contributed by atoms with Gasteiger partial charge in [0.05, 0.1) is 16.7 Å². The van der Waals surface area contributed by atoms with Gasteiger partial charge >= 0.3 is 0 Å². The van der Waals surface area contributed by atoms with Crippen molar-refractivity contribution in [2.24, 2.45) is 5.73 Å². The van der Waals surface area contributed by atoms with Crippen molar-refractivity contribution in [1.29, 1.82) is 0 Å². The Labute approximate surface area is 107 Å². The van der Waals surface area contributed by atoms with E-state index in [4.69, 9.17) is 10.5 Å². The van der Waals surface area contributed by atoms with Gasteiger partial charge in [-0.05, 0) is 13.0 Å². The van der Waals surface area contributed by atoms with Crippen LogP contribution in [-0.2, 0) is 4.79 Å².